The number of allylic oxidation sites excluding steroid dienone is 1. The molecule has 0 radical (unpaired) electrons. The maximum Gasteiger partial charge on any atom is 0.227 e. The zero-order chi connectivity index (χ0) is 36.3. The lowest BCUT2D eigenvalue weighted by Gasteiger charge is -2.34. The van der Waals surface area contributed by atoms with E-state index in [0.717, 1.165) is 57.7 Å². The van der Waals surface area contributed by atoms with Gasteiger partial charge in [0.05, 0.1) is 26.2 Å². The largest absolute Gasteiger partial charge is 0.437 e. The molecule has 9 rings (SSSR count). The average molecular weight is 719 g/mol. The van der Waals surface area contributed by atoms with Crippen LogP contribution in [-0.4, -0.2) is 25.3 Å². The number of aromatic nitrogens is 2. The van der Waals surface area contributed by atoms with Gasteiger partial charge in [-0.3, -0.25) is 4.99 Å². The average Bonchev–Trinajstić information content (AvgIpc) is 3.55. The van der Waals surface area contributed by atoms with Crippen molar-refractivity contribution in [3.63, 3.8) is 0 Å². The molecular formula is C48H56N3OSi+. The molecule has 0 spiro atoms. The molecular weight excluding hydrogens is 663 g/mol. The molecule has 0 saturated heterocycles. The zero-order valence-corrected chi connectivity index (χ0v) is 33.2. The summed E-state index contributed by atoms with van der Waals surface area (Å²) in [6, 6.07) is 21.0. The summed E-state index contributed by atoms with van der Waals surface area (Å²) in [4.78, 5) is 10.5. The Hall–Kier alpha value is -4.09. The summed E-state index contributed by atoms with van der Waals surface area (Å²) in [6.45, 7) is 17.3. The van der Waals surface area contributed by atoms with Crippen LogP contribution in [0.2, 0.25) is 19.6 Å². The Kier molecular flexibility index (Phi) is 9.13. The monoisotopic (exact) mass is 718 g/mol. The number of hydrogen-bond acceptors (Lipinski definition) is 3. The van der Waals surface area contributed by atoms with Crippen LogP contribution >= 0.6 is 0 Å². The second kappa shape index (κ2) is 14.0. The van der Waals surface area contributed by atoms with Gasteiger partial charge in [0.2, 0.25) is 11.4 Å². The van der Waals surface area contributed by atoms with Crippen molar-refractivity contribution >= 4 is 41.0 Å². The van der Waals surface area contributed by atoms with Crippen molar-refractivity contribution in [1.82, 2.24) is 4.98 Å². The van der Waals surface area contributed by atoms with Gasteiger partial charge in [-0.25, -0.2) is 4.98 Å². The number of aliphatic imine (C=N–C) groups is 1. The third-order valence-electron chi connectivity index (χ3n) is 13.2. The zero-order valence-electron chi connectivity index (χ0n) is 32.2. The van der Waals surface area contributed by atoms with Crippen LogP contribution in [0.1, 0.15) is 116 Å². The summed E-state index contributed by atoms with van der Waals surface area (Å²) in [7, 11) is -1.66. The fourth-order valence-corrected chi connectivity index (χ4v) is 12.2. The van der Waals surface area contributed by atoms with Crippen LogP contribution in [0, 0.1) is 5.92 Å². The molecule has 4 aliphatic rings. The molecule has 0 amide bonds. The van der Waals surface area contributed by atoms with E-state index < -0.39 is 8.07 Å². The van der Waals surface area contributed by atoms with E-state index in [0.29, 0.717) is 12.5 Å². The van der Waals surface area contributed by atoms with E-state index >= 15 is 0 Å². The van der Waals surface area contributed by atoms with Crippen LogP contribution in [0.25, 0.3) is 33.3 Å². The molecule has 2 atom stereocenters. The lowest BCUT2D eigenvalue weighted by molar-refractivity contribution is -0.708. The molecule has 2 aliphatic carbocycles. The van der Waals surface area contributed by atoms with Gasteiger partial charge < -0.3 is 4.42 Å². The summed E-state index contributed by atoms with van der Waals surface area (Å²) in [5.74, 6) is 1.62. The van der Waals surface area contributed by atoms with Gasteiger partial charge in [0, 0.05) is 50.3 Å². The quantitative estimate of drug-likeness (QED) is 0.103. The first-order valence-corrected chi connectivity index (χ1v) is 24.2. The van der Waals surface area contributed by atoms with E-state index in [1.165, 1.54) is 98.7 Å². The van der Waals surface area contributed by atoms with Crippen molar-refractivity contribution in [1.29, 1.82) is 0 Å². The Morgan fingerprint density at radius 2 is 1.64 bits per heavy atom. The van der Waals surface area contributed by atoms with Gasteiger partial charge in [-0.15, -0.1) is 0 Å². The Bertz CT molecular complexity index is 2260. The number of rotatable bonds is 5. The van der Waals surface area contributed by atoms with Crippen LogP contribution in [0.5, 0.6) is 0 Å². The van der Waals surface area contributed by atoms with Gasteiger partial charge in [0.1, 0.15) is 5.58 Å². The number of furan rings is 1. The normalized spacial score (nSPS) is 22.4. The number of benzene rings is 2. The minimum Gasteiger partial charge on any atom is -0.437 e. The van der Waals surface area contributed by atoms with E-state index in [9.17, 15) is 0 Å². The molecule has 2 fully saturated rings. The van der Waals surface area contributed by atoms with Crippen molar-refractivity contribution in [3.8, 4) is 11.3 Å². The topological polar surface area (TPSA) is 42.3 Å². The highest BCUT2D eigenvalue weighted by atomic mass is 28.3. The highest BCUT2D eigenvalue weighted by Gasteiger charge is 2.43. The molecule has 272 valence electrons. The molecule has 2 aliphatic heterocycles. The summed E-state index contributed by atoms with van der Waals surface area (Å²) in [5.41, 5.74) is 13.0. The van der Waals surface area contributed by atoms with Gasteiger partial charge in [-0.1, -0.05) is 114 Å². The van der Waals surface area contributed by atoms with E-state index in [4.69, 9.17) is 21.0 Å². The van der Waals surface area contributed by atoms with Gasteiger partial charge in [0.25, 0.3) is 0 Å². The Labute approximate surface area is 317 Å². The minimum absolute atomic E-state index is 0.132. The smallest absolute Gasteiger partial charge is 0.227 e. The number of nitrogens with zero attached hydrogens (tertiary/aromatic N) is 3. The van der Waals surface area contributed by atoms with E-state index in [-0.39, 0.29) is 12.0 Å². The fourth-order valence-electron chi connectivity index (χ4n) is 10.5. The van der Waals surface area contributed by atoms with Crippen LogP contribution in [-0.2, 0) is 12.8 Å². The number of pyridine rings is 2. The molecule has 5 aromatic rings. The Morgan fingerprint density at radius 1 is 0.887 bits per heavy atom. The third-order valence-corrected chi connectivity index (χ3v) is 15.3. The molecule has 2 unspecified atom stereocenters. The molecule has 0 N–H and O–H groups in total. The lowest BCUT2D eigenvalue weighted by Crippen LogP contribution is -2.54. The van der Waals surface area contributed by atoms with Crippen molar-refractivity contribution < 1.29 is 8.98 Å². The molecule has 2 saturated carbocycles. The Morgan fingerprint density at radius 3 is 2.42 bits per heavy atom. The Balaban J connectivity index is 1.15. The summed E-state index contributed by atoms with van der Waals surface area (Å²) < 4.78 is 9.40. The SMILES string of the molecule is C=C/C1=N/CC(=C)C2C(CCc3ccc4c(oc5nc(C6CCCCC6)ccc54)c31)c1ccccc1-c1cc(CC3CCCCC3)c([Si](C)(C)C)c[n+]12. The summed E-state index contributed by atoms with van der Waals surface area (Å²) in [5, 5.41) is 3.81. The molecule has 5 heteroatoms. The standard InChI is InChI=1S/C48H56N3OSi/c1-6-41-45-34(22-24-39-40-25-26-42(33-17-11-8-12-18-33)50-48(40)52-47(39)45)21-23-38-36-19-13-14-20-37(36)43-28-35(27-32-15-9-7-10-16-32)44(53(3,4)5)30-51(43)46(38)31(2)29-49-41/h6,13-14,19-20,22,24-26,28,30,32-33,38,46H,1-2,7-12,15-18,21,23,27,29H2,3-5H3/q+1/b49-41-. The van der Waals surface area contributed by atoms with Gasteiger partial charge >= 0.3 is 0 Å². The molecule has 3 aromatic heterocycles. The highest BCUT2D eigenvalue weighted by Crippen LogP contribution is 2.45. The van der Waals surface area contributed by atoms with Crippen LogP contribution < -0.4 is 9.75 Å². The number of hydrogen-bond donors (Lipinski definition) is 0. The van der Waals surface area contributed by atoms with Crippen LogP contribution in [0.4, 0.5) is 0 Å². The molecule has 0 bridgehead atoms. The molecule has 4 nitrogen and oxygen atoms in total. The predicted molar refractivity (Wildman–Crippen MR) is 224 cm³/mol. The van der Waals surface area contributed by atoms with Crippen molar-refractivity contribution in [2.75, 3.05) is 6.54 Å². The first-order valence-electron chi connectivity index (χ1n) is 20.7. The van der Waals surface area contributed by atoms with E-state index in [1.807, 2.05) is 6.08 Å². The third kappa shape index (κ3) is 6.27. The summed E-state index contributed by atoms with van der Waals surface area (Å²) >= 11 is 0. The van der Waals surface area contributed by atoms with Crippen LogP contribution in [0.3, 0.4) is 0 Å². The maximum absolute atomic E-state index is 6.77. The van der Waals surface area contributed by atoms with Crippen molar-refractivity contribution in [3.05, 3.63) is 114 Å². The van der Waals surface area contributed by atoms with E-state index in [1.54, 1.807) is 10.8 Å². The predicted octanol–water partition coefficient (Wildman–Crippen LogP) is 11.5. The number of aryl methyl sites for hydroxylation is 1. The van der Waals surface area contributed by atoms with Gasteiger partial charge in [-0.05, 0) is 79.0 Å². The summed E-state index contributed by atoms with van der Waals surface area (Å²) in [6.07, 6.45) is 20.9. The van der Waals surface area contributed by atoms with Gasteiger partial charge in [-0.2, -0.15) is 4.57 Å². The molecule has 5 heterocycles. The van der Waals surface area contributed by atoms with Crippen molar-refractivity contribution in [2.24, 2.45) is 10.9 Å². The van der Waals surface area contributed by atoms with E-state index in [2.05, 4.69) is 91.6 Å². The number of fused-ring (bicyclic) bond motifs is 11. The first kappa shape index (κ1) is 34.7. The second-order valence-electron chi connectivity index (χ2n) is 17.7. The molecule has 53 heavy (non-hydrogen) atoms. The maximum atomic E-state index is 6.77. The van der Waals surface area contributed by atoms with Gasteiger partial charge in [0.15, 0.2) is 12.2 Å². The second-order valence-corrected chi connectivity index (χ2v) is 22.7. The molecule has 2 aromatic carbocycles. The lowest BCUT2D eigenvalue weighted by atomic mass is 9.76. The van der Waals surface area contributed by atoms with Crippen LogP contribution in [0.15, 0.2) is 95.0 Å². The fraction of sp³-hybridized carbons (Fsp3) is 0.438. The first-order chi connectivity index (χ1) is 25.8. The highest BCUT2D eigenvalue weighted by molar-refractivity contribution is 6.89. The van der Waals surface area contributed by atoms with Crippen molar-refractivity contribution in [2.45, 2.75) is 121 Å². The minimum atomic E-state index is -1.66.